The van der Waals surface area contributed by atoms with E-state index < -0.39 is 0 Å². The number of aryl methyl sites for hydroxylation is 1. The van der Waals surface area contributed by atoms with Gasteiger partial charge >= 0.3 is 6.03 Å². The molecule has 112 valence electrons. The van der Waals surface area contributed by atoms with E-state index in [1.54, 1.807) is 11.3 Å². The number of rotatable bonds is 6. The highest BCUT2D eigenvalue weighted by atomic mass is 32.1. The van der Waals surface area contributed by atoms with Crippen LogP contribution in [0.25, 0.3) is 0 Å². The second-order valence-electron chi connectivity index (χ2n) is 5.07. The molecule has 2 heterocycles. The third-order valence-electron chi connectivity index (χ3n) is 3.32. The lowest BCUT2D eigenvalue weighted by atomic mass is 10.1. The van der Waals surface area contributed by atoms with E-state index >= 15 is 0 Å². The minimum absolute atomic E-state index is 0.103. The molecule has 0 aliphatic carbocycles. The lowest BCUT2D eigenvalue weighted by molar-refractivity contribution is 0.0120. The fraction of sp³-hybridized carbons (Fsp3) is 0.714. The molecule has 6 heteroatoms. The van der Waals surface area contributed by atoms with Gasteiger partial charge in [0.1, 0.15) is 0 Å². The molecule has 0 unspecified atom stereocenters. The van der Waals surface area contributed by atoms with Crippen LogP contribution in [0.2, 0.25) is 0 Å². The van der Waals surface area contributed by atoms with Crippen LogP contribution in [0.5, 0.6) is 0 Å². The molecule has 2 amide bonds. The summed E-state index contributed by atoms with van der Waals surface area (Å²) in [6.45, 7) is 4.20. The maximum absolute atomic E-state index is 11.6. The molecule has 0 bridgehead atoms. The number of nitrogens with zero attached hydrogens (tertiary/aromatic N) is 1. The first-order valence-corrected chi connectivity index (χ1v) is 8.10. The lowest BCUT2D eigenvalue weighted by Gasteiger charge is -2.22. The van der Waals surface area contributed by atoms with Gasteiger partial charge in [-0.05, 0) is 32.6 Å². The first-order chi connectivity index (χ1) is 9.74. The van der Waals surface area contributed by atoms with E-state index in [4.69, 9.17) is 4.74 Å². The molecule has 2 rings (SSSR count). The second kappa shape index (κ2) is 8.21. The summed E-state index contributed by atoms with van der Waals surface area (Å²) in [5.41, 5.74) is 0. The highest BCUT2D eigenvalue weighted by molar-refractivity contribution is 7.11. The first-order valence-electron chi connectivity index (χ1n) is 7.28. The molecule has 5 nitrogen and oxygen atoms in total. The number of hydrogen-bond acceptors (Lipinski definition) is 4. The van der Waals surface area contributed by atoms with Crippen molar-refractivity contribution < 1.29 is 9.53 Å². The largest absolute Gasteiger partial charge is 0.378 e. The van der Waals surface area contributed by atoms with Gasteiger partial charge in [0.25, 0.3) is 0 Å². The molecule has 1 aromatic heterocycles. The van der Waals surface area contributed by atoms with Crippen molar-refractivity contribution in [2.45, 2.75) is 45.1 Å². The zero-order valence-electron chi connectivity index (χ0n) is 12.0. The summed E-state index contributed by atoms with van der Waals surface area (Å²) in [7, 11) is 0. The van der Waals surface area contributed by atoms with Gasteiger partial charge in [0, 0.05) is 37.2 Å². The van der Waals surface area contributed by atoms with Crippen molar-refractivity contribution in [3.63, 3.8) is 0 Å². The van der Waals surface area contributed by atoms with Crippen LogP contribution in [0.3, 0.4) is 0 Å². The Balaban J connectivity index is 1.51. The molecule has 1 aliphatic heterocycles. The van der Waals surface area contributed by atoms with Gasteiger partial charge in [-0.15, -0.1) is 11.3 Å². The monoisotopic (exact) mass is 297 g/mol. The smallest absolute Gasteiger partial charge is 0.314 e. The van der Waals surface area contributed by atoms with Crippen LogP contribution in [-0.2, 0) is 11.2 Å². The minimum atomic E-state index is -0.103. The quantitative estimate of drug-likeness (QED) is 0.846. The number of aromatic nitrogens is 1. The van der Waals surface area contributed by atoms with Crippen molar-refractivity contribution in [1.29, 1.82) is 0 Å². The topological polar surface area (TPSA) is 63.2 Å². The molecule has 1 saturated heterocycles. The van der Waals surface area contributed by atoms with Gasteiger partial charge in [-0.2, -0.15) is 0 Å². The summed E-state index contributed by atoms with van der Waals surface area (Å²) in [6, 6.07) is -0.103. The Hall–Kier alpha value is -1.14. The van der Waals surface area contributed by atoms with Crippen molar-refractivity contribution in [2.75, 3.05) is 19.7 Å². The number of carbonyl (C=O) groups is 1. The van der Waals surface area contributed by atoms with Crippen LogP contribution in [0.4, 0.5) is 4.79 Å². The van der Waals surface area contributed by atoms with Gasteiger partial charge in [0.15, 0.2) is 0 Å². The number of hydrogen-bond donors (Lipinski definition) is 2. The van der Waals surface area contributed by atoms with Gasteiger partial charge in [-0.25, -0.2) is 9.78 Å². The summed E-state index contributed by atoms with van der Waals surface area (Å²) >= 11 is 1.68. The number of nitrogens with one attached hydrogen (secondary N) is 2. The van der Waals surface area contributed by atoms with Gasteiger partial charge in [-0.1, -0.05) is 0 Å². The van der Waals surface area contributed by atoms with E-state index in [0.717, 1.165) is 30.9 Å². The average molecular weight is 297 g/mol. The predicted octanol–water partition coefficient (Wildman–Crippen LogP) is 2.25. The minimum Gasteiger partial charge on any atom is -0.378 e. The van der Waals surface area contributed by atoms with Gasteiger partial charge < -0.3 is 15.4 Å². The van der Waals surface area contributed by atoms with Crippen molar-refractivity contribution >= 4 is 17.4 Å². The number of amides is 2. The molecular weight excluding hydrogens is 274 g/mol. The van der Waals surface area contributed by atoms with Crippen molar-refractivity contribution in [2.24, 2.45) is 0 Å². The Labute approximate surface area is 124 Å². The molecular formula is C14H23N3O2S. The Bertz CT molecular complexity index is 416. The number of thiazole rings is 1. The molecule has 2 N–H and O–H groups in total. The molecule has 0 radical (unpaired) electrons. The Morgan fingerprint density at radius 1 is 1.45 bits per heavy atom. The lowest BCUT2D eigenvalue weighted by Crippen LogP contribution is -2.38. The molecule has 0 aromatic carbocycles. The molecule has 20 heavy (non-hydrogen) atoms. The summed E-state index contributed by atoms with van der Waals surface area (Å²) in [5.74, 6) is 0. The van der Waals surface area contributed by atoms with Crippen LogP contribution in [-0.4, -0.2) is 36.8 Å². The van der Waals surface area contributed by atoms with Gasteiger partial charge in [0.05, 0.1) is 11.1 Å². The Morgan fingerprint density at radius 3 is 3.00 bits per heavy atom. The van der Waals surface area contributed by atoms with Crippen LogP contribution in [0, 0.1) is 6.92 Å². The average Bonchev–Trinajstić information content (AvgIpc) is 2.86. The van der Waals surface area contributed by atoms with Crippen LogP contribution < -0.4 is 10.6 Å². The molecule has 1 fully saturated rings. The van der Waals surface area contributed by atoms with E-state index in [1.165, 1.54) is 17.7 Å². The zero-order valence-corrected chi connectivity index (χ0v) is 12.8. The first kappa shape index (κ1) is 15.3. The fourth-order valence-corrected chi connectivity index (χ4v) is 3.03. The van der Waals surface area contributed by atoms with E-state index in [0.29, 0.717) is 19.2 Å². The summed E-state index contributed by atoms with van der Waals surface area (Å²) in [4.78, 5) is 17.1. The molecule has 1 atom stereocenters. The maximum atomic E-state index is 11.6. The van der Waals surface area contributed by atoms with Crippen LogP contribution >= 0.6 is 11.3 Å². The fourth-order valence-electron chi connectivity index (χ4n) is 2.24. The number of carbonyl (C=O) groups excluding carboxylic acids is 1. The Morgan fingerprint density at radius 2 is 2.30 bits per heavy atom. The second-order valence-corrected chi connectivity index (χ2v) is 6.39. The SMILES string of the molecule is Cc1cnc(CCNC(=O)NCC[C@H]2CCCCO2)s1. The molecule has 1 aromatic rings. The van der Waals surface area contributed by atoms with E-state index in [1.807, 2.05) is 13.1 Å². The predicted molar refractivity (Wildman–Crippen MR) is 80.2 cm³/mol. The summed E-state index contributed by atoms with van der Waals surface area (Å²) < 4.78 is 5.62. The van der Waals surface area contributed by atoms with E-state index in [-0.39, 0.29) is 6.03 Å². The number of urea groups is 1. The highest BCUT2D eigenvalue weighted by Gasteiger charge is 2.13. The van der Waals surface area contributed by atoms with Crippen molar-refractivity contribution in [3.8, 4) is 0 Å². The van der Waals surface area contributed by atoms with Crippen LogP contribution in [0.1, 0.15) is 35.6 Å². The standard InChI is InChI=1S/C14H23N3O2S/c1-11-10-17-13(20-11)6-8-16-14(18)15-7-5-12-4-2-3-9-19-12/h10,12H,2-9H2,1H3,(H2,15,16,18)/t12-/m1/s1. The summed E-state index contributed by atoms with van der Waals surface area (Å²) in [6.07, 6.45) is 7.40. The van der Waals surface area contributed by atoms with Crippen molar-refractivity contribution in [1.82, 2.24) is 15.6 Å². The molecule has 0 spiro atoms. The van der Waals surface area contributed by atoms with E-state index in [9.17, 15) is 4.79 Å². The van der Waals surface area contributed by atoms with Gasteiger partial charge in [0.2, 0.25) is 0 Å². The molecule has 1 aliphatic rings. The van der Waals surface area contributed by atoms with Crippen LogP contribution in [0.15, 0.2) is 6.20 Å². The highest BCUT2D eigenvalue weighted by Crippen LogP contribution is 2.14. The van der Waals surface area contributed by atoms with Crippen molar-refractivity contribution in [3.05, 3.63) is 16.1 Å². The number of ether oxygens (including phenoxy) is 1. The third kappa shape index (κ3) is 5.46. The Kier molecular flexibility index (Phi) is 6.26. The molecule has 0 saturated carbocycles. The third-order valence-corrected chi connectivity index (χ3v) is 4.29. The zero-order chi connectivity index (χ0) is 14.2. The van der Waals surface area contributed by atoms with E-state index in [2.05, 4.69) is 15.6 Å². The normalized spacial score (nSPS) is 18.8. The maximum Gasteiger partial charge on any atom is 0.314 e. The van der Waals surface area contributed by atoms with Gasteiger partial charge in [-0.3, -0.25) is 0 Å². The summed E-state index contributed by atoms with van der Waals surface area (Å²) in [5, 5.41) is 6.80.